The van der Waals surface area contributed by atoms with Crippen molar-refractivity contribution in [2.45, 2.75) is 27.2 Å². The van der Waals surface area contributed by atoms with Gasteiger partial charge in [0.25, 0.3) is 5.91 Å². The van der Waals surface area contributed by atoms with Crippen LogP contribution in [0.3, 0.4) is 0 Å². The Bertz CT molecular complexity index is 842. The van der Waals surface area contributed by atoms with Crippen molar-refractivity contribution in [1.29, 1.82) is 5.26 Å². The predicted octanol–water partition coefficient (Wildman–Crippen LogP) is 5.29. The molecule has 0 saturated heterocycles. The summed E-state index contributed by atoms with van der Waals surface area (Å²) < 4.78 is 5.52. The fourth-order valence-electron chi connectivity index (χ4n) is 2.45. The number of amides is 1. The summed E-state index contributed by atoms with van der Waals surface area (Å²) in [5.41, 5.74) is 3.12. The van der Waals surface area contributed by atoms with E-state index in [1.165, 1.54) is 6.08 Å². The van der Waals surface area contributed by atoms with Gasteiger partial charge in [0.1, 0.15) is 17.4 Å². The number of nitriles is 1. The third kappa shape index (κ3) is 5.11. The number of aryl methyl sites for hydroxylation is 2. The van der Waals surface area contributed by atoms with Gasteiger partial charge in [0.2, 0.25) is 0 Å². The van der Waals surface area contributed by atoms with Gasteiger partial charge in [-0.25, -0.2) is 0 Å². The Morgan fingerprint density at radius 1 is 1.27 bits per heavy atom. The fourth-order valence-corrected chi connectivity index (χ4v) is 2.82. The first-order chi connectivity index (χ1) is 12.4. The molecule has 0 atom stereocenters. The molecule has 2 rings (SSSR count). The number of carbonyl (C=O) groups is 1. The smallest absolute Gasteiger partial charge is 0.266 e. The third-order valence-corrected chi connectivity index (χ3v) is 4.00. The first-order valence-corrected chi connectivity index (χ1v) is 8.75. The Morgan fingerprint density at radius 3 is 2.54 bits per heavy atom. The van der Waals surface area contributed by atoms with Crippen molar-refractivity contribution in [2.75, 3.05) is 11.9 Å². The lowest BCUT2D eigenvalue weighted by Gasteiger charge is -2.11. The molecule has 2 aromatic carbocycles. The molecule has 0 bridgehead atoms. The first kappa shape index (κ1) is 19.6. The van der Waals surface area contributed by atoms with Crippen molar-refractivity contribution in [3.05, 3.63) is 63.7 Å². The lowest BCUT2D eigenvalue weighted by Crippen LogP contribution is -2.14. The zero-order valence-corrected chi connectivity index (χ0v) is 15.9. The average Bonchev–Trinajstić information content (AvgIpc) is 2.61. The van der Waals surface area contributed by atoms with Crippen molar-refractivity contribution in [3.63, 3.8) is 0 Å². The van der Waals surface area contributed by atoms with Gasteiger partial charge in [-0.05, 0) is 61.2 Å². The molecule has 1 N–H and O–H groups in total. The van der Waals surface area contributed by atoms with E-state index in [1.807, 2.05) is 45.0 Å². The molecule has 0 aliphatic heterocycles. The van der Waals surface area contributed by atoms with Crippen LogP contribution in [0.25, 0.3) is 6.08 Å². The first-order valence-electron chi connectivity index (χ1n) is 8.37. The minimum atomic E-state index is -0.493. The van der Waals surface area contributed by atoms with Crippen LogP contribution in [-0.4, -0.2) is 12.5 Å². The summed E-state index contributed by atoms with van der Waals surface area (Å²) in [6.45, 7) is 6.48. The van der Waals surface area contributed by atoms with Gasteiger partial charge < -0.3 is 10.1 Å². The maximum atomic E-state index is 12.5. The van der Waals surface area contributed by atoms with Gasteiger partial charge in [-0.3, -0.25) is 4.79 Å². The van der Waals surface area contributed by atoms with Crippen LogP contribution in [0.2, 0.25) is 5.02 Å². The molecule has 134 valence electrons. The van der Waals surface area contributed by atoms with E-state index in [0.717, 1.165) is 28.9 Å². The monoisotopic (exact) mass is 368 g/mol. The molecule has 0 unspecified atom stereocenters. The Labute approximate surface area is 159 Å². The van der Waals surface area contributed by atoms with E-state index in [0.29, 0.717) is 17.3 Å². The van der Waals surface area contributed by atoms with Crippen LogP contribution in [0.5, 0.6) is 5.75 Å². The van der Waals surface area contributed by atoms with E-state index in [-0.39, 0.29) is 5.57 Å². The van der Waals surface area contributed by atoms with Crippen LogP contribution in [0.1, 0.15) is 30.0 Å². The second kappa shape index (κ2) is 9.07. The maximum absolute atomic E-state index is 12.5. The van der Waals surface area contributed by atoms with Crippen LogP contribution >= 0.6 is 11.6 Å². The van der Waals surface area contributed by atoms with Gasteiger partial charge in [-0.1, -0.05) is 36.7 Å². The van der Waals surface area contributed by atoms with Gasteiger partial charge in [-0.2, -0.15) is 5.26 Å². The normalized spacial score (nSPS) is 11.0. The molecular formula is C21H21ClN2O2. The molecule has 0 aliphatic rings. The molecule has 0 heterocycles. The van der Waals surface area contributed by atoms with Crippen molar-refractivity contribution >= 4 is 29.3 Å². The SMILES string of the molecule is CCCOc1ccc(C=C(C#N)C(=O)Nc2c(C)cc(C)cc2Cl)cc1. The molecule has 0 aliphatic carbocycles. The minimum Gasteiger partial charge on any atom is -0.494 e. The zero-order chi connectivity index (χ0) is 19.1. The van der Waals surface area contributed by atoms with Gasteiger partial charge in [0, 0.05) is 0 Å². The number of nitrogens with one attached hydrogen (secondary N) is 1. The fraction of sp³-hybridized carbons (Fsp3) is 0.238. The second-order valence-corrected chi connectivity index (χ2v) is 6.39. The summed E-state index contributed by atoms with van der Waals surface area (Å²) in [5.74, 6) is 0.265. The van der Waals surface area contributed by atoms with E-state index in [9.17, 15) is 10.1 Å². The summed E-state index contributed by atoms with van der Waals surface area (Å²) in [4.78, 5) is 12.5. The summed E-state index contributed by atoms with van der Waals surface area (Å²) in [6, 6.07) is 12.9. The molecule has 1 amide bonds. The highest BCUT2D eigenvalue weighted by Crippen LogP contribution is 2.28. The number of nitrogens with zero attached hydrogens (tertiary/aromatic N) is 1. The Hall–Kier alpha value is -2.77. The molecule has 0 saturated carbocycles. The lowest BCUT2D eigenvalue weighted by atomic mass is 10.1. The van der Waals surface area contributed by atoms with E-state index < -0.39 is 5.91 Å². The summed E-state index contributed by atoms with van der Waals surface area (Å²) in [6.07, 6.45) is 2.47. The second-order valence-electron chi connectivity index (χ2n) is 5.98. The number of anilines is 1. The highest BCUT2D eigenvalue weighted by Gasteiger charge is 2.13. The van der Waals surface area contributed by atoms with Crippen LogP contribution in [0.15, 0.2) is 42.0 Å². The molecule has 0 aromatic heterocycles. The zero-order valence-electron chi connectivity index (χ0n) is 15.1. The Morgan fingerprint density at radius 2 is 1.96 bits per heavy atom. The molecule has 5 heteroatoms. The van der Waals surface area contributed by atoms with Gasteiger partial charge in [0.05, 0.1) is 17.3 Å². The third-order valence-electron chi connectivity index (χ3n) is 3.70. The number of benzene rings is 2. The number of hydrogen-bond acceptors (Lipinski definition) is 3. The highest BCUT2D eigenvalue weighted by molar-refractivity contribution is 6.34. The molecule has 0 spiro atoms. The number of rotatable bonds is 6. The van der Waals surface area contributed by atoms with Gasteiger partial charge in [-0.15, -0.1) is 0 Å². The highest BCUT2D eigenvalue weighted by atomic mass is 35.5. The van der Waals surface area contributed by atoms with Crippen LogP contribution < -0.4 is 10.1 Å². The summed E-state index contributed by atoms with van der Waals surface area (Å²) >= 11 is 6.22. The topological polar surface area (TPSA) is 62.1 Å². The quantitative estimate of drug-likeness (QED) is 0.556. The van der Waals surface area contributed by atoms with Crippen LogP contribution in [0, 0.1) is 25.2 Å². The molecule has 0 radical (unpaired) electrons. The molecule has 0 fully saturated rings. The number of hydrogen-bond donors (Lipinski definition) is 1. The Balaban J connectivity index is 2.18. The maximum Gasteiger partial charge on any atom is 0.266 e. The van der Waals surface area contributed by atoms with Crippen molar-refractivity contribution in [2.24, 2.45) is 0 Å². The standard InChI is InChI=1S/C21H21ClN2O2/c1-4-9-26-18-7-5-16(6-8-18)12-17(13-23)21(25)24-20-15(3)10-14(2)11-19(20)22/h5-8,10-12H,4,9H2,1-3H3,(H,24,25). The number of carbonyl (C=O) groups excluding carboxylic acids is 1. The minimum absolute atomic E-state index is 0.00303. The summed E-state index contributed by atoms with van der Waals surface area (Å²) in [5, 5.41) is 12.5. The molecule has 4 nitrogen and oxygen atoms in total. The van der Waals surface area contributed by atoms with Crippen LogP contribution in [-0.2, 0) is 4.79 Å². The van der Waals surface area contributed by atoms with E-state index in [2.05, 4.69) is 5.32 Å². The van der Waals surface area contributed by atoms with E-state index in [4.69, 9.17) is 16.3 Å². The van der Waals surface area contributed by atoms with E-state index in [1.54, 1.807) is 18.2 Å². The van der Waals surface area contributed by atoms with Crippen molar-refractivity contribution in [1.82, 2.24) is 0 Å². The van der Waals surface area contributed by atoms with Gasteiger partial charge >= 0.3 is 0 Å². The van der Waals surface area contributed by atoms with Crippen molar-refractivity contribution < 1.29 is 9.53 Å². The predicted molar refractivity (Wildman–Crippen MR) is 105 cm³/mol. The number of ether oxygens (including phenoxy) is 1. The van der Waals surface area contributed by atoms with Gasteiger partial charge in [0.15, 0.2) is 0 Å². The number of halogens is 1. The van der Waals surface area contributed by atoms with Crippen molar-refractivity contribution in [3.8, 4) is 11.8 Å². The largest absolute Gasteiger partial charge is 0.494 e. The molecule has 26 heavy (non-hydrogen) atoms. The average molecular weight is 369 g/mol. The Kier molecular flexibility index (Phi) is 6.82. The molecular weight excluding hydrogens is 348 g/mol. The summed E-state index contributed by atoms with van der Waals surface area (Å²) in [7, 11) is 0. The van der Waals surface area contributed by atoms with Crippen LogP contribution in [0.4, 0.5) is 5.69 Å². The molecule has 2 aromatic rings. The van der Waals surface area contributed by atoms with E-state index >= 15 is 0 Å². The lowest BCUT2D eigenvalue weighted by molar-refractivity contribution is -0.112.